The summed E-state index contributed by atoms with van der Waals surface area (Å²) < 4.78 is 0. The summed E-state index contributed by atoms with van der Waals surface area (Å²) in [5.74, 6) is -0.362. The van der Waals surface area contributed by atoms with Gasteiger partial charge in [0.2, 0.25) is 5.91 Å². The van der Waals surface area contributed by atoms with E-state index in [9.17, 15) is 4.79 Å². The van der Waals surface area contributed by atoms with E-state index < -0.39 is 0 Å². The van der Waals surface area contributed by atoms with Gasteiger partial charge in [-0.3, -0.25) is 4.79 Å². The van der Waals surface area contributed by atoms with Gasteiger partial charge < -0.3 is 5.32 Å². The largest absolute Gasteiger partial charge is 0.353 e. The summed E-state index contributed by atoms with van der Waals surface area (Å²) in [5, 5.41) is 3.08. The molecule has 0 saturated heterocycles. The predicted molar refractivity (Wildman–Crippen MR) is 127 cm³/mol. The summed E-state index contributed by atoms with van der Waals surface area (Å²) in [6.45, 7) is 6.08. The quantitative estimate of drug-likeness (QED) is 0.456. The fourth-order valence-electron chi connectivity index (χ4n) is 3.41. The standard InChI is InChI=1S/C28H29NO/c1-21(2)29-28(30)27(25-17-11-6-12-18-25)20-26(24-15-9-5-10-16-24)19-22(3)23-13-7-4-8-14-23/h4-21,27H,1-3H3,(H,29,30)/b22-19-,26-20+. The van der Waals surface area contributed by atoms with E-state index in [0.717, 1.165) is 22.3 Å². The molecular weight excluding hydrogens is 366 g/mol. The second kappa shape index (κ2) is 10.4. The van der Waals surface area contributed by atoms with Crippen LogP contribution < -0.4 is 5.32 Å². The summed E-state index contributed by atoms with van der Waals surface area (Å²) in [6.07, 6.45) is 4.25. The molecule has 0 spiro atoms. The molecule has 0 aliphatic heterocycles. The molecule has 3 rings (SSSR count). The zero-order chi connectivity index (χ0) is 21.3. The fraction of sp³-hybridized carbons (Fsp3) is 0.179. The third-order valence-corrected chi connectivity index (χ3v) is 4.93. The van der Waals surface area contributed by atoms with E-state index in [1.54, 1.807) is 0 Å². The van der Waals surface area contributed by atoms with Crippen LogP contribution in [0.5, 0.6) is 0 Å². The molecule has 152 valence electrons. The van der Waals surface area contributed by atoms with E-state index in [2.05, 4.69) is 48.7 Å². The van der Waals surface area contributed by atoms with Gasteiger partial charge in [-0.05, 0) is 48.6 Å². The Bertz CT molecular complexity index is 1000. The van der Waals surface area contributed by atoms with Crippen LogP contribution in [0.25, 0.3) is 11.1 Å². The van der Waals surface area contributed by atoms with Crippen LogP contribution in [0.4, 0.5) is 0 Å². The Balaban J connectivity index is 2.10. The Morgan fingerprint density at radius 1 is 0.767 bits per heavy atom. The minimum atomic E-state index is -0.372. The zero-order valence-electron chi connectivity index (χ0n) is 17.9. The molecular formula is C28H29NO. The molecule has 0 heterocycles. The van der Waals surface area contributed by atoms with E-state index in [4.69, 9.17) is 0 Å². The van der Waals surface area contributed by atoms with Gasteiger partial charge in [-0.15, -0.1) is 0 Å². The molecule has 3 aromatic carbocycles. The Labute approximate surface area is 180 Å². The van der Waals surface area contributed by atoms with Gasteiger partial charge in [-0.2, -0.15) is 0 Å². The molecule has 1 N–H and O–H groups in total. The number of carbonyl (C=O) groups excluding carboxylic acids is 1. The molecule has 1 unspecified atom stereocenters. The highest BCUT2D eigenvalue weighted by atomic mass is 16.1. The highest BCUT2D eigenvalue weighted by Gasteiger charge is 2.20. The minimum absolute atomic E-state index is 0.00963. The van der Waals surface area contributed by atoms with E-state index in [-0.39, 0.29) is 17.9 Å². The van der Waals surface area contributed by atoms with E-state index >= 15 is 0 Å². The summed E-state index contributed by atoms with van der Waals surface area (Å²) >= 11 is 0. The molecule has 0 fully saturated rings. The molecule has 1 atom stereocenters. The van der Waals surface area contributed by atoms with E-state index in [1.807, 2.05) is 80.6 Å². The number of hydrogen-bond donors (Lipinski definition) is 1. The number of carbonyl (C=O) groups is 1. The molecule has 0 aromatic heterocycles. The molecule has 0 aliphatic rings. The Morgan fingerprint density at radius 2 is 1.27 bits per heavy atom. The van der Waals surface area contributed by atoms with Crippen LogP contribution in [-0.4, -0.2) is 11.9 Å². The first-order valence-electron chi connectivity index (χ1n) is 10.4. The van der Waals surface area contributed by atoms with Crippen molar-refractivity contribution in [2.24, 2.45) is 0 Å². The van der Waals surface area contributed by atoms with Gasteiger partial charge in [0.15, 0.2) is 0 Å². The number of rotatable bonds is 7. The lowest BCUT2D eigenvalue weighted by Crippen LogP contribution is -2.34. The van der Waals surface area contributed by atoms with Crippen molar-refractivity contribution >= 4 is 17.1 Å². The predicted octanol–water partition coefficient (Wildman–Crippen LogP) is 6.48. The van der Waals surface area contributed by atoms with Crippen molar-refractivity contribution in [3.05, 3.63) is 120 Å². The zero-order valence-corrected chi connectivity index (χ0v) is 17.9. The lowest BCUT2D eigenvalue weighted by atomic mass is 9.91. The van der Waals surface area contributed by atoms with Crippen molar-refractivity contribution in [2.45, 2.75) is 32.7 Å². The molecule has 30 heavy (non-hydrogen) atoms. The van der Waals surface area contributed by atoms with Crippen molar-refractivity contribution in [1.82, 2.24) is 5.32 Å². The van der Waals surface area contributed by atoms with Crippen molar-refractivity contribution in [1.29, 1.82) is 0 Å². The van der Waals surface area contributed by atoms with Gasteiger partial charge in [0, 0.05) is 6.04 Å². The summed E-state index contributed by atoms with van der Waals surface area (Å²) in [5.41, 5.74) is 5.43. The number of hydrogen-bond acceptors (Lipinski definition) is 1. The van der Waals surface area contributed by atoms with Gasteiger partial charge in [-0.25, -0.2) is 0 Å². The molecule has 1 amide bonds. The highest BCUT2D eigenvalue weighted by Crippen LogP contribution is 2.27. The highest BCUT2D eigenvalue weighted by molar-refractivity contribution is 5.91. The number of nitrogens with one attached hydrogen (secondary N) is 1. The Hall–Kier alpha value is -3.39. The first-order valence-corrected chi connectivity index (χ1v) is 10.4. The van der Waals surface area contributed by atoms with Gasteiger partial charge >= 0.3 is 0 Å². The Kier molecular flexibility index (Phi) is 7.40. The number of allylic oxidation sites excluding steroid dienone is 3. The van der Waals surface area contributed by atoms with Gasteiger partial charge in [0.05, 0.1) is 5.92 Å². The summed E-state index contributed by atoms with van der Waals surface area (Å²) in [4.78, 5) is 13.1. The second-order valence-electron chi connectivity index (χ2n) is 7.73. The smallest absolute Gasteiger partial charge is 0.231 e. The van der Waals surface area contributed by atoms with Gasteiger partial charge in [-0.1, -0.05) is 103 Å². The molecule has 0 saturated carbocycles. The van der Waals surface area contributed by atoms with E-state index in [1.165, 1.54) is 5.56 Å². The van der Waals surface area contributed by atoms with Gasteiger partial charge in [0.25, 0.3) is 0 Å². The lowest BCUT2D eigenvalue weighted by Gasteiger charge is -2.18. The maximum absolute atomic E-state index is 13.1. The van der Waals surface area contributed by atoms with Crippen LogP contribution in [0, 0.1) is 0 Å². The van der Waals surface area contributed by atoms with Crippen molar-refractivity contribution < 1.29 is 4.79 Å². The van der Waals surface area contributed by atoms with Crippen molar-refractivity contribution in [3.8, 4) is 0 Å². The van der Waals surface area contributed by atoms with Gasteiger partial charge in [0.1, 0.15) is 0 Å². The third kappa shape index (κ3) is 5.81. The molecule has 3 aromatic rings. The van der Waals surface area contributed by atoms with E-state index in [0.29, 0.717) is 0 Å². The van der Waals surface area contributed by atoms with Crippen LogP contribution in [0.2, 0.25) is 0 Å². The Morgan fingerprint density at radius 3 is 1.80 bits per heavy atom. The van der Waals surface area contributed by atoms with Crippen molar-refractivity contribution in [2.75, 3.05) is 0 Å². The van der Waals surface area contributed by atoms with Crippen molar-refractivity contribution in [3.63, 3.8) is 0 Å². The van der Waals surface area contributed by atoms with Crippen LogP contribution >= 0.6 is 0 Å². The van der Waals surface area contributed by atoms with Crippen LogP contribution in [0.15, 0.2) is 103 Å². The molecule has 0 radical (unpaired) electrons. The van der Waals surface area contributed by atoms with Crippen LogP contribution in [-0.2, 0) is 4.79 Å². The molecule has 2 nitrogen and oxygen atoms in total. The first kappa shape index (κ1) is 21.3. The average molecular weight is 396 g/mol. The number of amides is 1. The first-order chi connectivity index (χ1) is 14.5. The monoisotopic (exact) mass is 395 g/mol. The van der Waals surface area contributed by atoms with Crippen LogP contribution in [0.1, 0.15) is 43.4 Å². The summed E-state index contributed by atoms with van der Waals surface area (Å²) in [7, 11) is 0. The number of benzene rings is 3. The normalized spacial score (nSPS) is 13.2. The lowest BCUT2D eigenvalue weighted by molar-refractivity contribution is -0.122. The fourth-order valence-corrected chi connectivity index (χ4v) is 3.41. The van der Waals surface area contributed by atoms with Crippen LogP contribution in [0.3, 0.4) is 0 Å². The third-order valence-electron chi connectivity index (χ3n) is 4.93. The minimum Gasteiger partial charge on any atom is -0.353 e. The molecule has 0 aliphatic carbocycles. The second-order valence-corrected chi connectivity index (χ2v) is 7.73. The SMILES string of the molecule is C/C(=C/C(=C\C(C(=O)NC(C)C)c1ccccc1)c1ccccc1)c1ccccc1. The maximum atomic E-state index is 13.1. The topological polar surface area (TPSA) is 29.1 Å². The maximum Gasteiger partial charge on any atom is 0.231 e. The average Bonchev–Trinajstić information content (AvgIpc) is 2.77. The molecule has 2 heteroatoms. The summed E-state index contributed by atoms with van der Waals surface area (Å²) in [6, 6.07) is 30.6. The molecule has 0 bridgehead atoms.